The van der Waals surface area contributed by atoms with Gasteiger partial charge in [-0.2, -0.15) is 5.10 Å². The van der Waals surface area contributed by atoms with Gasteiger partial charge in [0.25, 0.3) is 5.91 Å². The zero-order valence-electron chi connectivity index (χ0n) is 16.4. The second-order valence-electron chi connectivity index (χ2n) is 6.19. The first-order chi connectivity index (χ1) is 14.8. The molecule has 0 aliphatic carbocycles. The van der Waals surface area contributed by atoms with Gasteiger partial charge in [0.05, 0.1) is 29.1 Å². The predicted octanol–water partition coefficient (Wildman–Crippen LogP) is 5.35. The molecule has 0 bridgehead atoms. The molecule has 1 aromatic heterocycles. The van der Waals surface area contributed by atoms with Crippen molar-refractivity contribution in [2.45, 2.75) is 13.5 Å². The predicted molar refractivity (Wildman–Crippen MR) is 125 cm³/mol. The van der Waals surface area contributed by atoms with Crippen LogP contribution in [0.5, 0.6) is 11.5 Å². The number of hydrazone groups is 1. The number of aryl methyl sites for hydroxylation is 1. The first-order valence-corrected chi connectivity index (χ1v) is 10.7. The van der Waals surface area contributed by atoms with Gasteiger partial charge in [-0.15, -0.1) is 0 Å². The average molecular weight is 500 g/mol. The Balaban J connectivity index is 1.68. The van der Waals surface area contributed by atoms with Crippen LogP contribution in [0.3, 0.4) is 0 Å². The fraction of sp³-hybridized carbons (Fsp3) is 0.150. The number of ether oxygens (including phenoxy) is 2. The van der Waals surface area contributed by atoms with Crippen molar-refractivity contribution in [2.75, 3.05) is 12.8 Å². The maximum absolute atomic E-state index is 12.2. The van der Waals surface area contributed by atoms with E-state index in [0.29, 0.717) is 53.4 Å². The number of hydrogen-bond acceptors (Lipinski definition) is 7. The van der Waals surface area contributed by atoms with Crippen molar-refractivity contribution in [3.63, 3.8) is 0 Å². The largest absolute Gasteiger partial charge is 0.493 e. The fourth-order valence-electron chi connectivity index (χ4n) is 2.58. The average Bonchev–Trinajstić information content (AvgIpc) is 3.09. The molecule has 2 aromatic carbocycles. The number of rotatable bonds is 7. The topological polar surface area (TPSA) is 98.8 Å². The number of nitrogens with one attached hydrogen (secondary N) is 1. The summed E-state index contributed by atoms with van der Waals surface area (Å²) in [5.41, 5.74) is 9.87. The zero-order valence-corrected chi connectivity index (χ0v) is 19.5. The highest BCUT2D eigenvalue weighted by Gasteiger charge is 2.14. The van der Waals surface area contributed by atoms with E-state index in [9.17, 15) is 4.79 Å². The molecule has 1 amide bonds. The number of hydrogen-bond donors (Lipinski definition) is 2. The van der Waals surface area contributed by atoms with Gasteiger partial charge in [0.15, 0.2) is 16.6 Å². The van der Waals surface area contributed by atoms with Gasteiger partial charge in [0.1, 0.15) is 11.5 Å². The molecule has 0 aliphatic heterocycles. The van der Waals surface area contributed by atoms with Crippen LogP contribution in [0.15, 0.2) is 35.4 Å². The van der Waals surface area contributed by atoms with Crippen LogP contribution in [0, 0.1) is 6.92 Å². The van der Waals surface area contributed by atoms with Crippen LogP contribution in [0.1, 0.15) is 26.5 Å². The molecule has 3 N–H and O–H groups in total. The summed E-state index contributed by atoms with van der Waals surface area (Å²) in [4.78, 5) is 16.6. The van der Waals surface area contributed by atoms with E-state index in [2.05, 4.69) is 15.5 Å². The molecule has 0 spiro atoms. The summed E-state index contributed by atoms with van der Waals surface area (Å²) in [6.07, 6.45) is 1.48. The molecule has 0 unspecified atom stereocenters. The molecule has 0 radical (unpaired) electrons. The first-order valence-electron chi connectivity index (χ1n) is 8.79. The minimum absolute atomic E-state index is 0.107. The van der Waals surface area contributed by atoms with E-state index >= 15 is 0 Å². The molecule has 1 heterocycles. The van der Waals surface area contributed by atoms with E-state index in [1.807, 2.05) is 0 Å². The Morgan fingerprint density at radius 2 is 1.97 bits per heavy atom. The summed E-state index contributed by atoms with van der Waals surface area (Å²) >= 11 is 19.5. The summed E-state index contributed by atoms with van der Waals surface area (Å²) in [6, 6.07) is 8.45. The molecular weight excluding hydrogens is 483 g/mol. The highest BCUT2D eigenvalue weighted by molar-refractivity contribution is 7.17. The number of carbonyl (C=O) groups is 1. The molecular formula is C20H17Cl3N4O3S. The van der Waals surface area contributed by atoms with Crippen LogP contribution in [0.4, 0.5) is 5.13 Å². The van der Waals surface area contributed by atoms with Gasteiger partial charge in [0, 0.05) is 10.6 Å². The molecule has 0 fully saturated rings. The number of nitrogen functional groups attached to an aromatic ring is 1. The molecule has 0 atom stereocenters. The van der Waals surface area contributed by atoms with Crippen molar-refractivity contribution in [1.29, 1.82) is 0 Å². The van der Waals surface area contributed by atoms with Gasteiger partial charge in [-0.1, -0.05) is 46.1 Å². The van der Waals surface area contributed by atoms with Crippen LogP contribution in [0.25, 0.3) is 0 Å². The quantitative estimate of drug-likeness (QED) is 0.259. The Morgan fingerprint density at radius 1 is 1.23 bits per heavy atom. The number of carbonyl (C=O) groups excluding carboxylic acids is 1. The fourth-order valence-corrected chi connectivity index (χ4v) is 3.96. The number of nitrogens with zero attached hydrogens (tertiary/aromatic N) is 2. The van der Waals surface area contributed by atoms with Gasteiger partial charge in [-0.05, 0) is 42.8 Å². The Morgan fingerprint density at radius 3 is 2.65 bits per heavy atom. The molecule has 31 heavy (non-hydrogen) atoms. The Bertz CT molecular complexity index is 1150. The number of thiazole rings is 1. The first kappa shape index (κ1) is 23.1. The number of halogens is 3. The highest BCUT2D eigenvalue weighted by Crippen LogP contribution is 2.34. The summed E-state index contributed by atoms with van der Waals surface area (Å²) in [5, 5.41) is 5.47. The van der Waals surface area contributed by atoms with E-state index in [-0.39, 0.29) is 12.5 Å². The Hall–Kier alpha value is -2.52. The van der Waals surface area contributed by atoms with Crippen molar-refractivity contribution in [1.82, 2.24) is 10.4 Å². The van der Waals surface area contributed by atoms with Gasteiger partial charge in [-0.3, -0.25) is 4.79 Å². The molecule has 3 rings (SSSR count). The molecule has 162 valence electrons. The summed E-state index contributed by atoms with van der Waals surface area (Å²) in [6.45, 7) is 1.81. The lowest BCUT2D eigenvalue weighted by Crippen LogP contribution is -2.17. The lowest BCUT2D eigenvalue weighted by molar-refractivity contribution is 0.0958. The number of amides is 1. The molecule has 0 aliphatic rings. The standard InChI is InChI=1S/C20H17Cl3N4O3S/c1-10-18(31-20(24)26-10)19(28)27-25-8-11-3-6-15(16(7-11)29-2)30-9-12-13(21)4-5-14(22)17(12)23/h3-8H,9H2,1-2H3,(H2,24,26)(H,27,28). The van der Waals surface area contributed by atoms with Gasteiger partial charge >= 0.3 is 0 Å². The number of nitrogens with two attached hydrogens (primary N) is 1. The second-order valence-corrected chi connectivity index (χ2v) is 8.41. The van der Waals surface area contributed by atoms with E-state index in [0.717, 1.165) is 11.3 Å². The van der Waals surface area contributed by atoms with Crippen molar-refractivity contribution in [2.24, 2.45) is 5.10 Å². The van der Waals surface area contributed by atoms with Crippen LogP contribution in [-0.2, 0) is 6.61 Å². The SMILES string of the molecule is COc1cc(C=NNC(=O)c2sc(N)nc2C)ccc1OCc1c(Cl)ccc(Cl)c1Cl. The summed E-state index contributed by atoms with van der Waals surface area (Å²) in [7, 11) is 1.52. The Kier molecular flexibility index (Phi) is 7.61. The van der Waals surface area contributed by atoms with Crippen molar-refractivity contribution >= 4 is 63.4 Å². The van der Waals surface area contributed by atoms with E-state index < -0.39 is 0 Å². The minimum atomic E-state index is -0.384. The molecule has 3 aromatic rings. The van der Waals surface area contributed by atoms with Crippen molar-refractivity contribution in [3.05, 3.63) is 67.1 Å². The van der Waals surface area contributed by atoms with E-state index in [4.69, 9.17) is 50.0 Å². The third-order valence-electron chi connectivity index (χ3n) is 4.10. The monoisotopic (exact) mass is 498 g/mol. The third-order valence-corrected chi connectivity index (χ3v) is 6.28. The van der Waals surface area contributed by atoms with Crippen molar-refractivity contribution in [3.8, 4) is 11.5 Å². The van der Waals surface area contributed by atoms with Gasteiger partial charge in [-0.25, -0.2) is 10.4 Å². The van der Waals surface area contributed by atoms with Crippen LogP contribution < -0.4 is 20.6 Å². The van der Waals surface area contributed by atoms with E-state index in [1.165, 1.54) is 13.3 Å². The number of benzene rings is 2. The molecule has 11 heteroatoms. The van der Waals surface area contributed by atoms with E-state index in [1.54, 1.807) is 37.3 Å². The smallest absolute Gasteiger partial charge is 0.283 e. The highest BCUT2D eigenvalue weighted by atomic mass is 35.5. The van der Waals surface area contributed by atoms with Gasteiger partial charge in [0.2, 0.25) is 0 Å². The molecule has 0 saturated heterocycles. The lowest BCUT2D eigenvalue weighted by atomic mass is 10.2. The Labute approximate surface area is 197 Å². The maximum Gasteiger partial charge on any atom is 0.283 e. The molecule has 7 nitrogen and oxygen atoms in total. The lowest BCUT2D eigenvalue weighted by Gasteiger charge is -2.13. The third kappa shape index (κ3) is 5.59. The number of aromatic nitrogens is 1. The second kappa shape index (κ2) is 10.2. The summed E-state index contributed by atoms with van der Waals surface area (Å²) in [5.74, 6) is 0.562. The van der Waals surface area contributed by atoms with Crippen LogP contribution in [-0.4, -0.2) is 24.2 Å². The summed E-state index contributed by atoms with van der Waals surface area (Å²) < 4.78 is 11.2. The number of methoxy groups -OCH3 is 1. The van der Waals surface area contributed by atoms with Crippen LogP contribution in [0.2, 0.25) is 15.1 Å². The van der Waals surface area contributed by atoms with Crippen molar-refractivity contribution < 1.29 is 14.3 Å². The number of anilines is 1. The molecule has 0 saturated carbocycles. The minimum Gasteiger partial charge on any atom is -0.493 e. The normalized spacial score (nSPS) is 11.0. The zero-order chi connectivity index (χ0) is 22.5. The van der Waals surface area contributed by atoms with Gasteiger partial charge < -0.3 is 15.2 Å². The maximum atomic E-state index is 12.2. The van der Waals surface area contributed by atoms with Crippen LogP contribution >= 0.6 is 46.1 Å².